The zero-order valence-corrected chi connectivity index (χ0v) is 7.66. The van der Waals surface area contributed by atoms with Crippen LogP contribution in [0.1, 0.15) is 13.3 Å². The maximum atomic E-state index is 5.56. The molecule has 70 valence electrons. The molecule has 2 atom stereocenters. The largest absolute Gasteiger partial charge is 0.379 e. The van der Waals surface area contributed by atoms with Gasteiger partial charge in [-0.05, 0) is 6.92 Å². The number of ether oxygens (including phenoxy) is 2. The molecule has 2 unspecified atom stereocenters. The van der Waals surface area contributed by atoms with Gasteiger partial charge in [-0.15, -0.1) is 0 Å². The van der Waals surface area contributed by atoms with Crippen molar-refractivity contribution in [3.8, 4) is 0 Å². The smallest absolute Gasteiger partial charge is 0.0730 e. The number of hydrogen-bond donors (Lipinski definition) is 0. The summed E-state index contributed by atoms with van der Waals surface area (Å²) in [6.45, 7) is 7.18. The van der Waals surface area contributed by atoms with Gasteiger partial charge in [0.25, 0.3) is 0 Å². The Balaban J connectivity index is 1.65. The van der Waals surface area contributed by atoms with E-state index in [1.54, 1.807) is 0 Å². The highest BCUT2D eigenvalue weighted by Crippen LogP contribution is 2.20. The van der Waals surface area contributed by atoms with Crippen molar-refractivity contribution in [1.29, 1.82) is 0 Å². The molecule has 0 aliphatic carbocycles. The molecule has 0 spiro atoms. The molecule has 0 aromatic carbocycles. The average Bonchev–Trinajstić information content (AvgIpc) is 2.04. The standard InChI is InChI=1S/C9H17NO2/c1-8-6-9(12-8)7-10-2-4-11-5-3-10/h8-9H,2-7H2,1H3. The quantitative estimate of drug-likeness (QED) is 0.604. The first-order valence-electron chi connectivity index (χ1n) is 4.80. The zero-order chi connectivity index (χ0) is 8.39. The van der Waals surface area contributed by atoms with Gasteiger partial charge in [0.1, 0.15) is 0 Å². The van der Waals surface area contributed by atoms with Gasteiger partial charge in [-0.2, -0.15) is 0 Å². The van der Waals surface area contributed by atoms with Crippen molar-refractivity contribution in [3.05, 3.63) is 0 Å². The summed E-state index contributed by atoms with van der Waals surface area (Å²) in [6.07, 6.45) is 2.23. The molecule has 0 bridgehead atoms. The maximum Gasteiger partial charge on any atom is 0.0730 e. The highest BCUT2D eigenvalue weighted by molar-refractivity contribution is 4.78. The number of hydrogen-bond acceptors (Lipinski definition) is 3. The Kier molecular flexibility index (Phi) is 2.63. The molecule has 0 saturated carbocycles. The fourth-order valence-electron chi connectivity index (χ4n) is 1.88. The molecule has 2 fully saturated rings. The highest BCUT2D eigenvalue weighted by atomic mass is 16.5. The van der Waals surface area contributed by atoms with Crippen molar-refractivity contribution in [1.82, 2.24) is 4.90 Å². The zero-order valence-electron chi connectivity index (χ0n) is 7.66. The van der Waals surface area contributed by atoms with E-state index in [0.29, 0.717) is 12.2 Å². The van der Waals surface area contributed by atoms with Crippen molar-refractivity contribution >= 4 is 0 Å². The molecular formula is C9H17NO2. The molecular weight excluding hydrogens is 154 g/mol. The summed E-state index contributed by atoms with van der Waals surface area (Å²) >= 11 is 0. The lowest BCUT2D eigenvalue weighted by Crippen LogP contribution is -2.47. The van der Waals surface area contributed by atoms with E-state index in [-0.39, 0.29) is 0 Å². The summed E-state index contributed by atoms with van der Waals surface area (Å²) in [5.74, 6) is 0. The Morgan fingerprint density at radius 2 is 2.00 bits per heavy atom. The van der Waals surface area contributed by atoms with Crippen LogP contribution in [-0.2, 0) is 9.47 Å². The summed E-state index contributed by atoms with van der Waals surface area (Å²) in [4.78, 5) is 2.43. The van der Waals surface area contributed by atoms with E-state index in [4.69, 9.17) is 9.47 Å². The Morgan fingerprint density at radius 3 is 2.58 bits per heavy atom. The minimum atomic E-state index is 0.496. The van der Waals surface area contributed by atoms with E-state index in [2.05, 4.69) is 11.8 Å². The monoisotopic (exact) mass is 171 g/mol. The van der Waals surface area contributed by atoms with E-state index in [1.165, 1.54) is 6.42 Å². The summed E-state index contributed by atoms with van der Waals surface area (Å²) in [7, 11) is 0. The predicted molar refractivity (Wildman–Crippen MR) is 46.2 cm³/mol. The fourth-order valence-corrected chi connectivity index (χ4v) is 1.88. The molecule has 3 heteroatoms. The minimum Gasteiger partial charge on any atom is -0.379 e. The molecule has 0 N–H and O–H groups in total. The van der Waals surface area contributed by atoms with Crippen LogP contribution in [0.15, 0.2) is 0 Å². The molecule has 2 rings (SSSR count). The Bertz CT molecular complexity index is 139. The van der Waals surface area contributed by atoms with Crippen LogP contribution >= 0.6 is 0 Å². The Labute approximate surface area is 73.6 Å². The van der Waals surface area contributed by atoms with Gasteiger partial charge in [-0.1, -0.05) is 0 Å². The normalized spacial score (nSPS) is 37.8. The van der Waals surface area contributed by atoms with Crippen molar-refractivity contribution in [2.45, 2.75) is 25.6 Å². The van der Waals surface area contributed by atoms with Crippen LogP contribution < -0.4 is 0 Å². The van der Waals surface area contributed by atoms with Gasteiger partial charge >= 0.3 is 0 Å². The second-order valence-electron chi connectivity index (χ2n) is 3.72. The third kappa shape index (κ3) is 1.97. The lowest BCUT2D eigenvalue weighted by Gasteiger charge is -2.38. The first-order valence-corrected chi connectivity index (χ1v) is 4.80. The first-order chi connectivity index (χ1) is 5.84. The van der Waals surface area contributed by atoms with Crippen LogP contribution in [0.5, 0.6) is 0 Å². The molecule has 12 heavy (non-hydrogen) atoms. The molecule has 2 heterocycles. The second-order valence-corrected chi connectivity index (χ2v) is 3.72. The number of nitrogens with zero attached hydrogens (tertiary/aromatic N) is 1. The summed E-state index contributed by atoms with van der Waals surface area (Å²) in [6, 6.07) is 0. The van der Waals surface area contributed by atoms with Crippen LogP contribution in [0.3, 0.4) is 0 Å². The van der Waals surface area contributed by atoms with Crippen LogP contribution in [-0.4, -0.2) is 50.0 Å². The van der Waals surface area contributed by atoms with Crippen LogP contribution in [0.25, 0.3) is 0 Å². The van der Waals surface area contributed by atoms with Gasteiger partial charge in [0.05, 0.1) is 25.4 Å². The van der Waals surface area contributed by atoms with Gasteiger partial charge < -0.3 is 9.47 Å². The van der Waals surface area contributed by atoms with Gasteiger partial charge in [-0.3, -0.25) is 4.90 Å². The summed E-state index contributed by atoms with van der Waals surface area (Å²) in [5, 5.41) is 0. The van der Waals surface area contributed by atoms with Crippen molar-refractivity contribution in [2.24, 2.45) is 0 Å². The summed E-state index contributed by atoms with van der Waals surface area (Å²) in [5.41, 5.74) is 0. The van der Waals surface area contributed by atoms with Gasteiger partial charge in [0.2, 0.25) is 0 Å². The summed E-state index contributed by atoms with van der Waals surface area (Å²) < 4.78 is 10.8. The van der Waals surface area contributed by atoms with E-state index >= 15 is 0 Å². The van der Waals surface area contributed by atoms with Crippen molar-refractivity contribution in [3.63, 3.8) is 0 Å². The van der Waals surface area contributed by atoms with E-state index in [1.807, 2.05) is 0 Å². The topological polar surface area (TPSA) is 21.7 Å². The van der Waals surface area contributed by atoms with Crippen LogP contribution in [0.2, 0.25) is 0 Å². The third-order valence-electron chi connectivity index (χ3n) is 2.59. The number of rotatable bonds is 2. The SMILES string of the molecule is CC1CC(CN2CCOCC2)O1. The lowest BCUT2D eigenvalue weighted by atomic mass is 10.1. The molecule has 0 radical (unpaired) electrons. The highest BCUT2D eigenvalue weighted by Gasteiger charge is 2.28. The van der Waals surface area contributed by atoms with Crippen molar-refractivity contribution < 1.29 is 9.47 Å². The van der Waals surface area contributed by atoms with Crippen LogP contribution in [0, 0.1) is 0 Å². The molecule has 2 aliphatic heterocycles. The predicted octanol–water partition coefficient (Wildman–Crippen LogP) is 0.496. The maximum absolute atomic E-state index is 5.56. The Hall–Kier alpha value is -0.120. The van der Waals surface area contributed by atoms with Gasteiger partial charge in [0, 0.05) is 26.1 Å². The fraction of sp³-hybridized carbons (Fsp3) is 1.00. The minimum absolute atomic E-state index is 0.496. The molecule has 0 aromatic rings. The second kappa shape index (κ2) is 3.73. The van der Waals surface area contributed by atoms with Gasteiger partial charge in [0.15, 0.2) is 0 Å². The molecule has 3 nitrogen and oxygen atoms in total. The first kappa shape index (κ1) is 8.48. The van der Waals surface area contributed by atoms with E-state index < -0.39 is 0 Å². The molecule has 2 aliphatic rings. The third-order valence-corrected chi connectivity index (χ3v) is 2.59. The van der Waals surface area contributed by atoms with E-state index in [9.17, 15) is 0 Å². The Morgan fingerprint density at radius 1 is 1.33 bits per heavy atom. The molecule has 0 aromatic heterocycles. The van der Waals surface area contributed by atoms with Crippen LogP contribution in [0.4, 0.5) is 0 Å². The molecule has 2 saturated heterocycles. The molecule has 0 amide bonds. The number of morpholine rings is 1. The lowest BCUT2D eigenvalue weighted by molar-refractivity contribution is -0.129. The van der Waals surface area contributed by atoms with E-state index in [0.717, 1.165) is 32.8 Å². The van der Waals surface area contributed by atoms with Crippen molar-refractivity contribution in [2.75, 3.05) is 32.8 Å². The average molecular weight is 171 g/mol. The van der Waals surface area contributed by atoms with Gasteiger partial charge in [-0.25, -0.2) is 0 Å².